The molecule has 124 valence electrons. The molecule has 3 nitrogen and oxygen atoms in total. The predicted octanol–water partition coefficient (Wildman–Crippen LogP) is 4.70. The summed E-state index contributed by atoms with van der Waals surface area (Å²) in [7, 11) is -3.45. The zero-order chi connectivity index (χ0) is 16.9. The third kappa shape index (κ3) is 5.98. The van der Waals surface area contributed by atoms with Crippen LogP contribution in [0.4, 0.5) is 0 Å². The van der Waals surface area contributed by atoms with E-state index < -0.39 is 10.0 Å². The van der Waals surface area contributed by atoms with Gasteiger partial charge in [0.05, 0.1) is 5.75 Å². The maximum atomic E-state index is 12.1. The summed E-state index contributed by atoms with van der Waals surface area (Å²) in [5.74, 6) is -0.172. The van der Waals surface area contributed by atoms with Gasteiger partial charge in [-0.25, -0.2) is 13.1 Å². The summed E-state index contributed by atoms with van der Waals surface area (Å²) in [5, 5.41) is 1.52. The van der Waals surface area contributed by atoms with Crippen LogP contribution < -0.4 is 4.72 Å². The van der Waals surface area contributed by atoms with E-state index in [2.05, 4.69) is 4.72 Å². The van der Waals surface area contributed by atoms with Crippen molar-refractivity contribution in [1.82, 2.24) is 4.72 Å². The van der Waals surface area contributed by atoms with Gasteiger partial charge in [0.25, 0.3) is 0 Å². The first-order valence-corrected chi connectivity index (χ1v) is 9.81. The van der Waals surface area contributed by atoms with Gasteiger partial charge < -0.3 is 0 Å². The van der Waals surface area contributed by atoms with Crippen LogP contribution >= 0.6 is 34.8 Å². The quantitative estimate of drug-likeness (QED) is 0.694. The summed E-state index contributed by atoms with van der Waals surface area (Å²) in [5.41, 5.74) is 1.53. The predicted molar refractivity (Wildman–Crippen MR) is 96.9 cm³/mol. The van der Waals surface area contributed by atoms with Crippen molar-refractivity contribution < 1.29 is 8.42 Å². The van der Waals surface area contributed by atoms with Crippen molar-refractivity contribution in [3.8, 4) is 0 Å². The van der Waals surface area contributed by atoms with Gasteiger partial charge in [-0.1, -0.05) is 59.1 Å². The molecule has 0 amide bonds. The van der Waals surface area contributed by atoms with E-state index in [0.29, 0.717) is 40.0 Å². The van der Waals surface area contributed by atoms with Crippen LogP contribution in [0.25, 0.3) is 0 Å². The lowest BCUT2D eigenvalue weighted by molar-refractivity contribution is 0.578. The molecule has 0 bridgehead atoms. The fraction of sp³-hybridized carbons (Fsp3) is 0.250. The molecule has 2 rings (SSSR count). The van der Waals surface area contributed by atoms with Crippen molar-refractivity contribution in [2.45, 2.75) is 18.6 Å². The molecule has 0 radical (unpaired) electrons. The Morgan fingerprint density at radius 1 is 0.913 bits per heavy atom. The number of halogens is 3. The Morgan fingerprint density at radius 2 is 1.65 bits per heavy atom. The van der Waals surface area contributed by atoms with Gasteiger partial charge in [0.2, 0.25) is 10.0 Å². The molecule has 2 aromatic carbocycles. The number of nitrogens with one attached hydrogen (secondary N) is 1. The van der Waals surface area contributed by atoms with E-state index in [1.165, 1.54) is 6.07 Å². The van der Waals surface area contributed by atoms with Gasteiger partial charge in [-0.15, -0.1) is 0 Å². The summed E-state index contributed by atoms with van der Waals surface area (Å²) in [4.78, 5) is 0. The third-order valence-electron chi connectivity index (χ3n) is 3.26. The molecule has 0 aliphatic heterocycles. The lowest BCUT2D eigenvalue weighted by Crippen LogP contribution is -2.26. The Labute approximate surface area is 151 Å². The van der Waals surface area contributed by atoms with Crippen molar-refractivity contribution in [2.24, 2.45) is 0 Å². The first kappa shape index (κ1) is 18.6. The molecule has 1 N–H and O–H groups in total. The van der Waals surface area contributed by atoms with Crippen LogP contribution in [-0.2, 0) is 22.2 Å². The molecule has 0 heterocycles. The maximum Gasteiger partial charge on any atom is 0.215 e. The topological polar surface area (TPSA) is 46.2 Å². The monoisotopic (exact) mass is 391 g/mol. The molecule has 0 fully saturated rings. The molecule has 0 spiro atoms. The van der Waals surface area contributed by atoms with E-state index in [0.717, 1.165) is 5.56 Å². The summed E-state index contributed by atoms with van der Waals surface area (Å²) in [6.07, 6.45) is 1.38. The molecule has 0 aromatic heterocycles. The standard InChI is InChI=1S/C16H16Cl3NO2S/c17-14-8-7-13(16(19)10-14)11-23(21,22)20-9-3-5-12-4-1-2-6-15(12)18/h1-2,4,6-8,10,20H,3,5,9,11H2. The minimum absolute atomic E-state index is 0.172. The Balaban J connectivity index is 1.86. The molecule has 0 unspecified atom stereocenters. The molecule has 23 heavy (non-hydrogen) atoms. The van der Waals surface area contributed by atoms with E-state index >= 15 is 0 Å². The van der Waals surface area contributed by atoms with E-state index in [4.69, 9.17) is 34.8 Å². The molecule has 7 heteroatoms. The highest BCUT2D eigenvalue weighted by molar-refractivity contribution is 7.88. The van der Waals surface area contributed by atoms with E-state index in [1.54, 1.807) is 12.1 Å². The van der Waals surface area contributed by atoms with Crippen molar-refractivity contribution in [3.05, 3.63) is 68.7 Å². The summed E-state index contributed by atoms with van der Waals surface area (Å²) in [6, 6.07) is 12.3. The van der Waals surface area contributed by atoms with Gasteiger partial charge in [-0.2, -0.15) is 0 Å². The van der Waals surface area contributed by atoms with E-state index in [1.807, 2.05) is 24.3 Å². The smallest absolute Gasteiger partial charge is 0.215 e. The normalized spacial score (nSPS) is 11.6. The highest BCUT2D eigenvalue weighted by Crippen LogP contribution is 2.22. The minimum atomic E-state index is -3.45. The number of sulfonamides is 1. The highest BCUT2D eigenvalue weighted by Gasteiger charge is 2.13. The fourth-order valence-electron chi connectivity index (χ4n) is 2.10. The van der Waals surface area contributed by atoms with Crippen LogP contribution in [0.1, 0.15) is 17.5 Å². The Hall–Kier alpha value is -0.780. The highest BCUT2D eigenvalue weighted by atomic mass is 35.5. The first-order valence-electron chi connectivity index (χ1n) is 7.02. The maximum absolute atomic E-state index is 12.1. The zero-order valence-corrected chi connectivity index (χ0v) is 15.3. The number of rotatable bonds is 7. The van der Waals surface area contributed by atoms with Crippen LogP contribution in [0.15, 0.2) is 42.5 Å². The number of aryl methyl sites for hydroxylation is 1. The number of benzene rings is 2. The van der Waals surface area contributed by atoms with Gasteiger partial charge in [-0.05, 0) is 42.2 Å². The lowest BCUT2D eigenvalue weighted by atomic mass is 10.1. The van der Waals surface area contributed by atoms with Crippen LogP contribution in [0.2, 0.25) is 15.1 Å². The molecule has 0 aliphatic carbocycles. The molecule has 0 aliphatic rings. The van der Waals surface area contributed by atoms with Gasteiger partial charge in [0.1, 0.15) is 0 Å². The van der Waals surface area contributed by atoms with Crippen LogP contribution in [0.5, 0.6) is 0 Å². The SMILES string of the molecule is O=S(=O)(Cc1ccc(Cl)cc1Cl)NCCCc1ccccc1Cl. The Kier molecular flexibility index (Phi) is 6.74. The first-order chi connectivity index (χ1) is 10.9. The second-order valence-electron chi connectivity index (χ2n) is 5.08. The molecule has 2 aromatic rings. The lowest BCUT2D eigenvalue weighted by Gasteiger charge is -2.09. The summed E-state index contributed by atoms with van der Waals surface area (Å²) >= 11 is 17.9. The van der Waals surface area contributed by atoms with Gasteiger partial charge in [-0.3, -0.25) is 0 Å². The van der Waals surface area contributed by atoms with Crippen LogP contribution in [0, 0.1) is 0 Å². The average molecular weight is 393 g/mol. The molecule has 0 saturated heterocycles. The van der Waals surface area contributed by atoms with Gasteiger partial charge in [0.15, 0.2) is 0 Å². The fourth-order valence-corrected chi connectivity index (χ4v) is 4.11. The van der Waals surface area contributed by atoms with E-state index in [-0.39, 0.29) is 5.75 Å². The second kappa shape index (κ2) is 8.36. The van der Waals surface area contributed by atoms with Crippen molar-refractivity contribution in [2.75, 3.05) is 6.54 Å². The molecule has 0 saturated carbocycles. The Bertz CT molecular complexity index is 779. The van der Waals surface area contributed by atoms with Gasteiger partial charge in [0, 0.05) is 21.6 Å². The minimum Gasteiger partial charge on any atom is -0.215 e. The number of hydrogen-bond acceptors (Lipinski definition) is 2. The largest absolute Gasteiger partial charge is 0.215 e. The van der Waals surface area contributed by atoms with E-state index in [9.17, 15) is 8.42 Å². The van der Waals surface area contributed by atoms with Crippen molar-refractivity contribution >= 4 is 44.8 Å². The zero-order valence-electron chi connectivity index (χ0n) is 12.2. The van der Waals surface area contributed by atoms with Crippen molar-refractivity contribution in [1.29, 1.82) is 0 Å². The molecular weight excluding hydrogens is 377 g/mol. The van der Waals surface area contributed by atoms with Gasteiger partial charge >= 0.3 is 0 Å². The summed E-state index contributed by atoms with van der Waals surface area (Å²) in [6.45, 7) is 0.346. The van der Waals surface area contributed by atoms with Crippen LogP contribution in [-0.4, -0.2) is 15.0 Å². The number of hydrogen-bond donors (Lipinski definition) is 1. The average Bonchev–Trinajstić information content (AvgIpc) is 2.48. The van der Waals surface area contributed by atoms with Crippen molar-refractivity contribution in [3.63, 3.8) is 0 Å². The van der Waals surface area contributed by atoms with Crippen LogP contribution in [0.3, 0.4) is 0 Å². The molecular formula is C16H16Cl3NO2S. The summed E-state index contributed by atoms with van der Waals surface area (Å²) < 4.78 is 26.7. The third-order valence-corrected chi connectivity index (χ3v) is 5.55. The second-order valence-corrected chi connectivity index (χ2v) is 8.14. The Morgan fingerprint density at radius 3 is 2.35 bits per heavy atom. The molecule has 0 atom stereocenters.